The van der Waals surface area contributed by atoms with Crippen LogP contribution in [0.25, 0.3) is 16.6 Å². The Balaban J connectivity index is 1.03. The molecule has 2 saturated heterocycles. The van der Waals surface area contributed by atoms with Crippen molar-refractivity contribution in [2.24, 2.45) is 5.41 Å². The Labute approximate surface area is 369 Å². The second-order valence-corrected chi connectivity index (χ2v) is 19.1. The lowest BCUT2D eigenvalue weighted by Gasteiger charge is -2.43. The number of aromatic nitrogens is 2. The van der Waals surface area contributed by atoms with E-state index in [0.717, 1.165) is 50.0 Å². The van der Waals surface area contributed by atoms with Gasteiger partial charge in [-0.3, -0.25) is 19.8 Å². The van der Waals surface area contributed by atoms with Gasteiger partial charge in [-0.15, -0.1) is 0 Å². The van der Waals surface area contributed by atoms with Gasteiger partial charge in [-0.2, -0.15) is 0 Å². The number of pyridine rings is 1. The predicted molar refractivity (Wildman–Crippen MR) is 239 cm³/mol. The molecule has 2 aromatic heterocycles. The van der Waals surface area contributed by atoms with E-state index in [0.29, 0.717) is 48.3 Å². The number of piperazine rings is 1. The van der Waals surface area contributed by atoms with Gasteiger partial charge in [0, 0.05) is 73.2 Å². The standard InChI is InChI=1S/C45H49ClFN7O8S/c1-28-25-52(26-31-22-45(2,3)12-10-37(31)29-4-6-32(46)7-5-29)14-15-53(28)33-8-9-38(41(19-33)62-34-18-30-11-13-48-43(30)50-23-34)44(55)51-63(58,59)36-20-39(47)42(40(21-36)54(56)57)49-24-35-27-60-16-17-61-35/h4-9,11,13,18-21,23,28,35,49H,10,12,14-17,22,24-27H2,1-3H3,(H,48,50)(H,51,55)/t28-,35?/m1/s1. The number of ether oxygens (including phenoxy) is 3. The van der Waals surface area contributed by atoms with Crippen LogP contribution < -0.4 is 19.7 Å². The fraction of sp³-hybridized carbons (Fsp3) is 0.378. The fourth-order valence-corrected chi connectivity index (χ4v) is 9.73. The van der Waals surface area contributed by atoms with Crippen molar-refractivity contribution in [1.82, 2.24) is 19.6 Å². The van der Waals surface area contributed by atoms with E-state index in [4.69, 9.17) is 25.8 Å². The van der Waals surface area contributed by atoms with Crippen LogP contribution in [0, 0.1) is 21.3 Å². The largest absolute Gasteiger partial charge is 0.455 e. The number of anilines is 2. The van der Waals surface area contributed by atoms with Crippen molar-refractivity contribution >= 4 is 61.2 Å². The molecule has 0 radical (unpaired) electrons. The number of rotatable bonds is 13. The van der Waals surface area contributed by atoms with Gasteiger partial charge >= 0.3 is 0 Å². The van der Waals surface area contributed by atoms with Crippen LogP contribution in [0.4, 0.5) is 21.5 Å². The van der Waals surface area contributed by atoms with E-state index in [9.17, 15) is 23.3 Å². The van der Waals surface area contributed by atoms with Crippen LogP contribution in [0.1, 0.15) is 56.0 Å². The zero-order valence-corrected chi connectivity index (χ0v) is 36.7. The lowest BCUT2D eigenvalue weighted by atomic mass is 9.72. The highest BCUT2D eigenvalue weighted by atomic mass is 35.5. The molecule has 0 saturated carbocycles. The number of nitrogens with zero attached hydrogens (tertiary/aromatic N) is 4. The Kier molecular flexibility index (Phi) is 12.8. The Bertz CT molecular complexity index is 2670. The van der Waals surface area contributed by atoms with Gasteiger partial charge in [-0.25, -0.2) is 22.5 Å². The number of hydrogen-bond acceptors (Lipinski definition) is 12. The van der Waals surface area contributed by atoms with Gasteiger partial charge in [-0.1, -0.05) is 43.2 Å². The first-order valence-corrected chi connectivity index (χ1v) is 22.7. The summed E-state index contributed by atoms with van der Waals surface area (Å²) in [5.41, 5.74) is 4.10. The number of carbonyl (C=O) groups is 1. The summed E-state index contributed by atoms with van der Waals surface area (Å²) in [6.07, 6.45) is 5.83. The normalized spacial score (nSPS) is 19.5. The van der Waals surface area contributed by atoms with Crippen LogP contribution in [-0.2, 0) is 19.5 Å². The van der Waals surface area contributed by atoms with Crippen LogP contribution in [0.5, 0.6) is 11.5 Å². The van der Waals surface area contributed by atoms with E-state index in [1.54, 1.807) is 24.4 Å². The molecular formula is C45H49ClFN7O8S. The molecular weight excluding hydrogens is 853 g/mol. The summed E-state index contributed by atoms with van der Waals surface area (Å²) in [5, 5.41) is 16.2. The summed E-state index contributed by atoms with van der Waals surface area (Å²) in [4.78, 5) is 36.4. The molecule has 3 aromatic carbocycles. The zero-order chi connectivity index (χ0) is 44.5. The van der Waals surface area contributed by atoms with Crippen molar-refractivity contribution in [3.63, 3.8) is 0 Å². The maximum absolute atomic E-state index is 15.5. The lowest BCUT2D eigenvalue weighted by Crippen LogP contribution is -2.52. The topological polar surface area (TPSA) is 181 Å². The van der Waals surface area contributed by atoms with Gasteiger partial charge in [0.1, 0.15) is 22.8 Å². The summed E-state index contributed by atoms with van der Waals surface area (Å²) in [6, 6.07) is 17.9. The second-order valence-electron chi connectivity index (χ2n) is 17.0. The molecule has 1 aliphatic carbocycles. The Morgan fingerprint density at radius 2 is 1.92 bits per heavy atom. The van der Waals surface area contributed by atoms with Crippen LogP contribution in [0.3, 0.4) is 0 Å². The first kappa shape index (κ1) is 44.0. The number of allylic oxidation sites excluding steroid dienone is 1. The fourth-order valence-electron chi connectivity index (χ4n) is 8.61. The molecule has 18 heteroatoms. The highest BCUT2D eigenvalue weighted by Gasteiger charge is 2.33. The summed E-state index contributed by atoms with van der Waals surface area (Å²) in [5.74, 6) is -1.96. The molecule has 4 heterocycles. The Morgan fingerprint density at radius 3 is 2.67 bits per heavy atom. The average molecular weight is 902 g/mol. The highest BCUT2D eigenvalue weighted by Crippen LogP contribution is 2.43. The number of benzene rings is 3. The minimum atomic E-state index is -4.85. The molecule has 1 unspecified atom stereocenters. The van der Waals surface area contributed by atoms with E-state index < -0.39 is 49.0 Å². The summed E-state index contributed by atoms with van der Waals surface area (Å²) >= 11 is 6.23. The molecule has 1 amide bonds. The number of hydrogen-bond donors (Lipinski definition) is 3. The van der Waals surface area contributed by atoms with Crippen molar-refractivity contribution in [2.45, 2.75) is 57.1 Å². The third-order valence-electron chi connectivity index (χ3n) is 11.8. The number of carbonyl (C=O) groups excluding carboxylic acids is 1. The first-order chi connectivity index (χ1) is 30.1. The van der Waals surface area contributed by atoms with Crippen molar-refractivity contribution < 1.29 is 36.7 Å². The van der Waals surface area contributed by atoms with E-state index >= 15 is 4.39 Å². The molecule has 2 aliphatic heterocycles. The zero-order valence-electron chi connectivity index (χ0n) is 35.2. The molecule has 5 aromatic rings. The van der Waals surface area contributed by atoms with Crippen molar-refractivity contribution in [3.05, 3.63) is 117 Å². The maximum Gasteiger partial charge on any atom is 0.296 e. The molecule has 0 bridgehead atoms. The van der Waals surface area contributed by atoms with Gasteiger partial charge in [0.25, 0.3) is 21.6 Å². The number of sulfonamides is 1. The molecule has 332 valence electrons. The van der Waals surface area contributed by atoms with Gasteiger partial charge < -0.3 is 29.4 Å². The molecule has 15 nitrogen and oxygen atoms in total. The van der Waals surface area contributed by atoms with E-state index in [1.807, 2.05) is 22.9 Å². The number of nitrogens with one attached hydrogen (secondary N) is 3. The van der Waals surface area contributed by atoms with E-state index in [2.05, 4.69) is 58.0 Å². The van der Waals surface area contributed by atoms with Crippen molar-refractivity contribution in [1.29, 1.82) is 0 Å². The SMILES string of the molecule is C[C@@H]1CN(CC2=C(c3ccc(Cl)cc3)CCC(C)(C)C2)CCN1c1ccc(C(=O)NS(=O)(=O)c2cc(F)c(NCC3COCCO3)c([N+](=O)[O-])c2)c(Oc2cnc3[nH]ccc3c2)c1. The molecule has 3 aliphatic rings. The monoisotopic (exact) mass is 901 g/mol. The lowest BCUT2D eigenvalue weighted by molar-refractivity contribution is -0.384. The molecule has 63 heavy (non-hydrogen) atoms. The molecule has 2 fully saturated rings. The minimum absolute atomic E-state index is 0.0247. The number of halogens is 2. The van der Waals surface area contributed by atoms with Crippen LogP contribution in [-0.4, -0.2) is 98.8 Å². The van der Waals surface area contributed by atoms with Gasteiger partial charge in [0.05, 0.1) is 47.5 Å². The number of H-pyrrole nitrogens is 1. The van der Waals surface area contributed by atoms with Crippen LogP contribution in [0.15, 0.2) is 89.6 Å². The molecule has 0 spiro atoms. The van der Waals surface area contributed by atoms with Gasteiger partial charge in [-0.05, 0) is 85.2 Å². The molecule has 8 rings (SSSR count). The summed E-state index contributed by atoms with van der Waals surface area (Å²) < 4.78 is 61.9. The highest BCUT2D eigenvalue weighted by molar-refractivity contribution is 7.90. The van der Waals surface area contributed by atoms with Gasteiger partial charge in [0.15, 0.2) is 5.82 Å². The quantitative estimate of drug-likeness (QED) is 0.0763. The third kappa shape index (κ3) is 10.1. The first-order valence-electron chi connectivity index (χ1n) is 20.8. The third-order valence-corrected chi connectivity index (χ3v) is 13.4. The number of nitro benzene ring substituents is 1. The summed E-state index contributed by atoms with van der Waals surface area (Å²) in [6.45, 7) is 10.7. The van der Waals surface area contributed by atoms with Gasteiger partial charge in [0.2, 0.25) is 0 Å². The van der Waals surface area contributed by atoms with Crippen LogP contribution in [0.2, 0.25) is 5.02 Å². The van der Waals surface area contributed by atoms with E-state index in [-0.39, 0.29) is 35.9 Å². The number of aromatic amines is 1. The number of fused-ring (bicyclic) bond motifs is 1. The summed E-state index contributed by atoms with van der Waals surface area (Å²) in [7, 11) is -4.85. The maximum atomic E-state index is 15.5. The smallest absolute Gasteiger partial charge is 0.296 e. The minimum Gasteiger partial charge on any atom is -0.455 e. The number of amides is 1. The van der Waals surface area contributed by atoms with E-state index in [1.165, 1.54) is 29.0 Å². The van der Waals surface area contributed by atoms with Crippen molar-refractivity contribution in [3.8, 4) is 11.5 Å². The van der Waals surface area contributed by atoms with Crippen molar-refractivity contribution in [2.75, 3.05) is 62.8 Å². The number of nitro groups is 1. The predicted octanol–water partition coefficient (Wildman–Crippen LogP) is 8.18. The Hall–Kier alpha value is -5.59. The van der Waals surface area contributed by atoms with Crippen LogP contribution >= 0.6 is 11.6 Å². The Morgan fingerprint density at radius 1 is 1.11 bits per heavy atom. The molecule has 3 N–H and O–H groups in total. The molecule has 2 atom stereocenters. The second kappa shape index (κ2) is 18.3. The average Bonchev–Trinajstić information content (AvgIpc) is 3.72.